The zero-order valence-electron chi connectivity index (χ0n) is 12.1. The zero-order valence-corrected chi connectivity index (χ0v) is 12.1. The van der Waals surface area contributed by atoms with Crippen molar-refractivity contribution in [2.24, 2.45) is 5.92 Å². The molecule has 1 unspecified atom stereocenters. The van der Waals surface area contributed by atoms with Crippen LogP contribution >= 0.6 is 0 Å². The van der Waals surface area contributed by atoms with Gasteiger partial charge in [0, 0.05) is 6.42 Å². The fourth-order valence-corrected chi connectivity index (χ4v) is 1.57. The van der Waals surface area contributed by atoms with Gasteiger partial charge in [0.2, 0.25) is 0 Å². The number of hydrogen-bond donors (Lipinski definition) is 2. The van der Waals surface area contributed by atoms with Gasteiger partial charge in [-0.3, -0.25) is 4.79 Å². The minimum absolute atomic E-state index is 0.00636. The molecule has 0 rings (SSSR count). The largest absolute Gasteiger partial charge is 0.444 e. The number of amides is 1. The third kappa shape index (κ3) is 7.27. The number of aliphatic hydroxyl groups excluding tert-OH is 1. The van der Waals surface area contributed by atoms with Crippen LogP contribution < -0.4 is 5.32 Å². The van der Waals surface area contributed by atoms with E-state index in [2.05, 4.69) is 5.32 Å². The average molecular weight is 259 g/mol. The van der Waals surface area contributed by atoms with Gasteiger partial charge in [-0.25, -0.2) is 4.79 Å². The van der Waals surface area contributed by atoms with E-state index in [0.717, 1.165) is 0 Å². The molecule has 2 atom stereocenters. The van der Waals surface area contributed by atoms with Crippen LogP contribution in [0, 0.1) is 5.92 Å². The van der Waals surface area contributed by atoms with Gasteiger partial charge in [0.05, 0.1) is 12.1 Å². The summed E-state index contributed by atoms with van der Waals surface area (Å²) in [5.41, 5.74) is -0.586. The molecule has 106 valence electrons. The molecule has 0 bridgehead atoms. The van der Waals surface area contributed by atoms with Crippen molar-refractivity contribution in [2.75, 3.05) is 0 Å². The smallest absolute Gasteiger partial charge is 0.407 e. The van der Waals surface area contributed by atoms with E-state index in [4.69, 9.17) is 4.74 Å². The van der Waals surface area contributed by atoms with Crippen molar-refractivity contribution in [2.45, 2.75) is 65.7 Å². The quantitative estimate of drug-likeness (QED) is 0.790. The lowest BCUT2D eigenvalue weighted by molar-refractivity contribution is -0.119. The second kappa shape index (κ2) is 6.73. The van der Waals surface area contributed by atoms with Crippen molar-refractivity contribution in [1.82, 2.24) is 5.32 Å². The number of nitrogens with one attached hydrogen (secondary N) is 1. The molecule has 0 saturated heterocycles. The van der Waals surface area contributed by atoms with Crippen LogP contribution in [0.5, 0.6) is 0 Å². The summed E-state index contributed by atoms with van der Waals surface area (Å²) in [6.45, 7) is 10.4. The van der Waals surface area contributed by atoms with E-state index in [1.165, 1.54) is 6.92 Å². The SMILES string of the molecule is CC(=O)CC(O)[C@@H](NC(=O)OC(C)(C)C)C(C)C. The van der Waals surface area contributed by atoms with E-state index in [1.54, 1.807) is 20.8 Å². The molecule has 0 spiro atoms. The summed E-state index contributed by atoms with van der Waals surface area (Å²) in [5.74, 6) is -0.106. The third-order valence-electron chi connectivity index (χ3n) is 2.31. The van der Waals surface area contributed by atoms with E-state index in [-0.39, 0.29) is 18.1 Å². The standard InChI is InChI=1S/C13H25NO4/c1-8(2)11(10(16)7-9(3)15)14-12(17)18-13(4,5)6/h8,10-11,16H,7H2,1-6H3,(H,14,17)/t10?,11-/m0/s1. The van der Waals surface area contributed by atoms with Crippen LogP contribution in [-0.2, 0) is 9.53 Å². The number of alkyl carbamates (subject to hydrolysis) is 1. The maximum Gasteiger partial charge on any atom is 0.407 e. The first-order valence-electron chi connectivity index (χ1n) is 6.20. The van der Waals surface area contributed by atoms with Crippen molar-refractivity contribution < 1.29 is 19.4 Å². The van der Waals surface area contributed by atoms with Gasteiger partial charge in [-0.15, -0.1) is 0 Å². The summed E-state index contributed by atoms with van der Waals surface area (Å²) >= 11 is 0. The van der Waals surface area contributed by atoms with Gasteiger partial charge in [-0.1, -0.05) is 13.8 Å². The molecule has 0 aromatic heterocycles. The number of rotatable bonds is 5. The Morgan fingerprint density at radius 1 is 1.28 bits per heavy atom. The maximum absolute atomic E-state index is 11.6. The number of Topliss-reactive ketones (excluding diaryl/α,β-unsaturated/α-hetero) is 1. The maximum atomic E-state index is 11.6. The summed E-state index contributed by atoms with van der Waals surface area (Å²) in [5, 5.41) is 12.5. The Morgan fingerprint density at radius 2 is 1.78 bits per heavy atom. The Hall–Kier alpha value is -1.10. The van der Waals surface area contributed by atoms with Crippen LogP contribution in [0.4, 0.5) is 4.79 Å². The molecule has 0 radical (unpaired) electrons. The minimum Gasteiger partial charge on any atom is -0.444 e. The monoisotopic (exact) mass is 259 g/mol. The van der Waals surface area contributed by atoms with Crippen LogP contribution in [0.1, 0.15) is 48.0 Å². The first-order valence-corrected chi connectivity index (χ1v) is 6.20. The van der Waals surface area contributed by atoms with Crippen LogP contribution in [0.25, 0.3) is 0 Å². The predicted octanol–water partition coefficient (Wildman–Crippen LogP) is 1.88. The van der Waals surface area contributed by atoms with E-state index < -0.39 is 23.8 Å². The Labute approximate surface area is 109 Å². The fourth-order valence-electron chi connectivity index (χ4n) is 1.57. The molecule has 0 aliphatic rings. The number of aliphatic hydroxyl groups is 1. The highest BCUT2D eigenvalue weighted by Crippen LogP contribution is 2.12. The Morgan fingerprint density at radius 3 is 2.11 bits per heavy atom. The fraction of sp³-hybridized carbons (Fsp3) is 0.846. The van der Waals surface area contributed by atoms with Gasteiger partial charge in [0.1, 0.15) is 11.4 Å². The van der Waals surface area contributed by atoms with E-state index in [0.29, 0.717) is 0 Å². The second-order valence-corrected chi connectivity index (χ2v) is 5.89. The molecule has 18 heavy (non-hydrogen) atoms. The van der Waals surface area contributed by atoms with Gasteiger partial charge in [-0.2, -0.15) is 0 Å². The summed E-state index contributed by atoms with van der Waals surface area (Å²) < 4.78 is 5.13. The van der Waals surface area contributed by atoms with E-state index >= 15 is 0 Å². The molecule has 0 aliphatic carbocycles. The van der Waals surface area contributed by atoms with Gasteiger partial charge in [0.15, 0.2) is 0 Å². The molecule has 2 N–H and O–H groups in total. The Kier molecular flexibility index (Phi) is 6.32. The number of carbonyl (C=O) groups is 2. The van der Waals surface area contributed by atoms with Crippen molar-refractivity contribution in [3.8, 4) is 0 Å². The lowest BCUT2D eigenvalue weighted by Crippen LogP contribution is -2.48. The molecule has 0 aromatic rings. The Balaban J connectivity index is 4.54. The normalized spacial score (nSPS) is 15.1. The number of carbonyl (C=O) groups excluding carboxylic acids is 2. The second-order valence-electron chi connectivity index (χ2n) is 5.89. The van der Waals surface area contributed by atoms with Gasteiger partial charge in [0.25, 0.3) is 0 Å². The lowest BCUT2D eigenvalue weighted by atomic mass is 9.95. The van der Waals surface area contributed by atoms with Crippen molar-refractivity contribution in [3.05, 3.63) is 0 Å². The highest BCUT2D eigenvalue weighted by Gasteiger charge is 2.27. The molecule has 0 fully saturated rings. The van der Waals surface area contributed by atoms with E-state index in [9.17, 15) is 14.7 Å². The van der Waals surface area contributed by atoms with Crippen molar-refractivity contribution in [1.29, 1.82) is 0 Å². The molecular weight excluding hydrogens is 234 g/mol. The topological polar surface area (TPSA) is 75.6 Å². The molecule has 0 aromatic carbocycles. The highest BCUT2D eigenvalue weighted by molar-refractivity contribution is 5.76. The molecule has 5 nitrogen and oxygen atoms in total. The average Bonchev–Trinajstić information content (AvgIpc) is 2.09. The zero-order chi connectivity index (χ0) is 14.5. The molecule has 0 heterocycles. The Bertz CT molecular complexity index is 294. The number of hydrogen-bond acceptors (Lipinski definition) is 4. The first kappa shape index (κ1) is 16.9. The molecule has 1 amide bonds. The third-order valence-corrected chi connectivity index (χ3v) is 2.31. The highest BCUT2D eigenvalue weighted by atomic mass is 16.6. The van der Waals surface area contributed by atoms with Crippen molar-refractivity contribution in [3.63, 3.8) is 0 Å². The van der Waals surface area contributed by atoms with Crippen LogP contribution in [0.2, 0.25) is 0 Å². The molecular formula is C13H25NO4. The molecule has 0 aliphatic heterocycles. The van der Waals surface area contributed by atoms with E-state index in [1.807, 2.05) is 13.8 Å². The van der Waals surface area contributed by atoms with Crippen LogP contribution in [0.15, 0.2) is 0 Å². The van der Waals surface area contributed by atoms with Gasteiger partial charge >= 0.3 is 6.09 Å². The summed E-state index contributed by atoms with van der Waals surface area (Å²) in [6, 6.07) is -0.497. The minimum atomic E-state index is -0.894. The predicted molar refractivity (Wildman–Crippen MR) is 69.3 cm³/mol. The number of ketones is 1. The van der Waals surface area contributed by atoms with Crippen LogP contribution in [-0.4, -0.2) is 34.7 Å². The summed E-state index contributed by atoms with van der Waals surface area (Å²) in [4.78, 5) is 22.6. The summed E-state index contributed by atoms with van der Waals surface area (Å²) in [7, 11) is 0. The van der Waals surface area contributed by atoms with Crippen LogP contribution in [0.3, 0.4) is 0 Å². The molecule has 5 heteroatoms. The first-order chi connectivity index (χ1) is 8.03. The summed E-state index contributed by atoms with van der Waals surface area (Å²) in [6.07, 6.45) is -1.45. The van der Waals surface area contributed by atoms with Gasteiger partial charge < -0.3 is 15.2 Å². The van der Waals surface area contributed by atoms with Crippen molar-refractivity contribution >= 4 is 11.9 Å². The molecule has 0 saturated carbocycles. The van der Waals surface area contributed by atoms with Gasteiger partial charge in [-0.05, 0) is 33.6 Å². The number of ether oxygens (including phenoxy) is 1. The lowest BCUT2D eigenvalue weighted by Gasteiger charge is -2.28.